The standard InChI is InChI=1S/C12H19NO2S.C2H2O4/c1-16-12-4-2-11(3-5-12)10-13(6-8-14)7-9-15;3-1(4)2(5)6/h2-5,14-15H,6-10H2,1H3;(H,3,4)(H,5,6). The Labute approximate surface area is 133 Å². The lowest BCUT2D eigenvalue weighted by Crippen LogP contribution is -2.29. The number of benzene rings is 1. The van der Waals surface area contributed by atoms with Crippen molar-refractivity contribution in [2.75, 3.05) is 32.6 Å². The Morgan fingerprint density at radius 3 is 1.77 bits per heavy atom. The Morgan fingerprint density at radius 1 is 1.00 bits per heavy atom. The van der Waals surface area contributed by atoms with Gasteiger partial charge >= 0.3 is 11.9 Å². The smallest absolute Gasteiger partial charge is 0.414 e. The van der Waals surface area contributed by atoms with Crippen molar-refractivity contribution in [3.8, 4) is 0 Å². The van der Waals surface area contributed by atoms with Crippen LogP contribution in [0.2, 0.25) is 0 Å². The van der Waals surface area contributed by atoms with Crippen LogP contribution in [0.25, 0.3) is 0 Å². The maximum atomic E-state index is 9.10. The van der Waals surface area contributed by atoms with Crippen molar-refractivity contribution in [2.24, 2.45) is 0 Å². The molecule has 0 radical (unpaired) electrons. The first-order chi connectivity index (χ1) is 10.4. The van der Waals surface area contributed by atoms with E-state index in [0.717, 1.165) is 6.54 Å². The summed E-state index contributed by atoms with van der Waals surface area (Å²) < 4.78 is 0. The van der Waals surface area contributed by atoms with Gasteiger partial charge in [0, 0.05) is 24.5 Å². The number of hydrogen-bond acceptors (Lipinski definition) is 6. The quantitative estimate of drug-likeness (QED) is 0.417. The highest BCUT2D eigenvalue weighted by Crippen LogP contribution is 2.15. The number of aliphatic hydroxyl groups excluding tert-OH is 2. The molecule has 124 valence electrons. The Bertz CT molecular complexity index is 433. The molecule has 0 aliphatic carbocycles. The molecule has 0 unspecified atom stereocenters. The van der Waals surface area contributed by atoms with Gasteiger partial charge in [-0.2, -0.15) is 0 Å². The number of carboxylic acid groups (broad SMARTS) is 2. The minimum absolute atomic E-state index is 0.128. The number of thioether (sulfide) groups is 1. The van der Waals surface area contributed by atoms with Gasteiger partial charge in [0.1, 0.15) is 0 Å². The van der Waals surface area contributed by atoms with Gasteiger partial charge in [0.15, 0.2) is 0 Å². The summed E-state index contributed by atoms with van der Waals surface area (Å²) in [6, 6.07) is 8.37. The van der Waals surface area contributed by atoms with Crippen LogP contribution in [-0.4, -0.2) is 69.8 Å². The lowest BCUT2D eigenvalue weighted by molar-refractivity contribution is -0.159. The highest BCUT2D eigenvalue weighted by atomic mass is 32.2. The van der Waals surface area contributed by atoms with E-state index in [1.165, 1.54) is 10.5 Å². The van der Waals surface area contributed by atoms with Gasteiger partial charge in [-0.15, -0.1) is 11.8 Å². The van der Waals surface area contributed by atoms with Crippen molar-refractivity contribution in [3.63, 3.8) is 0 Å². The molecule has 0 amide bonds. The zero-order valence-corrected chi connectivity index (χ0v) is 13.1. The second-order valence-electron chi connectivity index (χ2n) is 4.18. The molecule has 22 heavy (non-hydrogen) atoms. The molecule has 4 N–H and O–H groups in total. The molecule has 0 aromatic heterocycles. The monoisotopic (exact) mass is 331 g/mol. The maximum Gasteiger partial charge on any atom is 0.414 e. The van der Waals surface area contributed by atoms with Gasteiger partial charge in [0.25, 0.3) is 0 Å². The average Bonchev–Trinajstić information content (AvgIpc) is 2.49. The van der Waals surface area contributed by atoms with E-state index >= 15 is 0 Å². The number of aliphatic hydroxyl groups is 2. The van der Waals surface area contributed by atoms with Crippen molar-refractivity contribution >= 4 is 23.7 Å². The summed E-state index contributed by atoms with van der Waals surface area (Å²) >= 11 is 1.72. The van der Waals surface area contributed by atoms with Crippen molar-refractivity contribution in [1.82, 2.24) is 4.90 Å². The van der Waals surface area contributed by atoms with Crippen LogP contribution in [0.5, 0.6) is 0 Å². The largest absolute Gasteiger partial charge is 0.473 e. The van der Waals surface area contributed by atoms with Gasteiger partial charge in [0.2, 0.25) is 0 Å². The molecular weight excluding hydrogens is 310 g/mol. The minimum atomic E-state index is -1.82. The molecule has 8 heteroatoms. The van der Waals surface area contributed by atoms with Crippen molar-refractivity contribution in [2.45, 2.75) is 11.4 Å². The van der Waals surface area contributed by atoms with Crippen LogP contribution in [0.3, 0.4) is 0 Å². The molecule has 0 saturated heterocycles. The lowest BCUT2D eigenvalue weighted by atomic mass is 10.2. The number of rotatable bonds is 7. The van der Waals surface area contributed by atoms with E-state index in [1.54, 1.807) is 11.8 Å². The van der Waals surface area contributed by atoms with E-state index in [-0.39, 0.29) is 13.2 Å². The van der Waals surface area contributed by atoms with E-state index in [1.807, 2.05) is 4.90 Å². The summed E-state index contributed by atoms with van der Waals surface area (Å²) in [5.74, 6) is -3.65. The summed E-state index contributed by atoms with van der Waals surface area (Å²) in [6.07, 6.45) is 2.05. The molecule has 0 atom stereocenters. The number of nitrogens with zero attached hydrogens (tertiary/aromatic N) is 1. The van der Waals surface area contributed by atoms with E-state index in [0.29, 0.717) is 13.1 Å². The molecule has 0 bridgehead atoms. The Kier molecular flexibility index (Phi) is 11.1. The molecule has 0 aliphatic rings. The van der Waals surface area contributed by atoms with E-state index in [2.05, 4.69) is 30.5 Å². The average molecular weight is 331 g/mol. The summed E-state index contributed by atoms with van der Waals surface area (Å²) in [4.78, 5) is 21.5. The van der Waals surface area contributed by atoms with Crippen LogP contribution < -0.4 is 0 Å². The second kappa shape index (κ2) is 12.0. The number of carbonyl (C=O) groups is 2. The van der Waals surface area contributed by atoms with Crippen LogP contribution in [-0.2, 0) is 16.1 Å². The van der Waals surface area contributed by atoms with Gasteiger partial charge in [-0.05, 0) is 24.0 Å². The van der Waals surface area contributed by atoms with Crippen LogP contribution in [0, 0.1) is 0 Å². The lowest BCUT2D eigenvalue weighted by Gasteiger charge is -2.20. The summed E-state index contributed by atoms with van der Waals surface area (Å²) in [5.41, 5.74) is 1.21. The molecule has 0 heterocycles. The molecule has 0 fully saturated rings. The molecule has 0 aliphatic heterocycles. The van der Waals surface area contributed by atoms with Gasteiger partial charge in [-0.25, -0.2) is 9.59 Å². The van der Waals surface area contributed by atoms with E-state index < -0.39 is 11.9 Å². The van der Waals surface area contributed by atoms with Crippen LogP contribution >= 0.6 is 11.8 Å². The Balaban J connectivity index is 0.000000626. The van der Waals surface area contributed by atoms with Gasteiger partial charge in [0.05, 0.1) is 13.2 Å². The predicted octanol–water partition coefficient (Wildman–Crippen LogP) is 0.351. The zero-order valence-electron chi connectivity index (χ0n) is 12.3. The fraction of sp³-hybridized carbons (Fsp3) is 0.429. The number of aliphatic carboxylic acids is 2. The third-order valence-electron chi connectivity index (χ3n) is 2.58. The maximum absolute atomic E-state index is 9.10. The zero-order chi connectivity index (χ0) is 17.0. The highest BCUT2D eigenvalue weighted by molar-refractivity contribution is 7.98. The van der Waals surface area contributed by atoms with Crippen LogP contribution in [0.15, 0.2) is 29.2 Å². The SMILES string of the molecule is CSc1ccc(CN(CCO)CCO)cc1.O=C(O)C(=O)O. The molecular formula is C14H21NO6S. The predicted molar refractivity (Wildman–Crippen MR) is 82.9 cm³/mol. The summed E-state index contributed by atoms with van der Waals surface area (Å²) in [7, 11) is 0. The second-order valence-corrected chi connectivity index (χ2v) is 5.06. The normalized spacial score (nSPS) is 10.0. The van der Waals surface area contributed by atoms with Crippen molar-refractivity contribution in [3.05, 3.63) is 29.8 Å². The first kappa shape index (κ1) is 20.4. The molecule has 1 aromatic carbocycles. The van der Waals surface area contributed by atoms with Crippen molar-refractivity contribution < 1.29 is 30.0 Å². The Morgan fingerprint density at radius 2 is 1.45 bits per heavy atom. The fourth-order valence-corrected chi connectivity index (χ4v) is 1.95. The van der Waals surface area contributed by atoms with Gasteiger partial charge in [-0.1, -0.05) is 12.1 Å². The van der Waals surface area contributed by atoms with E-state index in [4.69, 9.17) is 30.0 Å². The molecule has 7 nitrogen and oxygen atoms in total. The minimum Gasteiger partial charge on any atom is -0.473 e. The first-order valence-electron chi connectivity index (χ1n) is 6.47. The number of hydrogen-bond donors (Lipinski definition) is 4. The topological polar surface area (TPSA) is 118 Å². The summed E-state index contributed by atoms with van der Waals surface area (Å²) in [5, 5.41) is 32.6. The van der Waals surface area contributed by atoms with Crippen LogP contribution in [0.1, 0.15) is 5.56 Å². The first-order valence-corrected chi connectivity index (χ1v) is 7.70. The molecule has 1 rings (SSSR count). The molecule has 0 saturated carbocycles. The van der Waals surface area contributed by atoms with Crippen LogP contribution in [0.4, 0.5) is 0 Å². The third-order valence-corrected chi connectivity index (χ3v) is 3.32. The van der Waals surface area contributed by atoms with E-state index in [9.17, 15) is 0 Å². The molecule has 0 spiro atoms. The highest BCUT2D eigenvalue weighted by Gasteiger charge is 2.05. The Hall–Kier alpha value is -1.61. The summed E-state index contributed by atoms with van der Waals surface area (Å²) in [6.45, 7) is 2.23. The number of carboxylic acids is 2. The molecule has 1 aromatic rings. The third kappa shape index (κ3) is 9.35. The van der Waals surface area contributed by atoms with Crippen molar-refractivity contribution in [1.29, 1.82) is 0 Å². The van der Waals surface area contributed by atoms with Gasteiger partial charge in [-0.3, -0.25) is 4.90 Å². The van der Waals surface area contributed by atoms with Gasteiger partial charge < -0.3 is 20.4 Å². The fourth-order valence-electron chi connectivity index (χ4n) is 1.54.